The van der Waals surface area contributed by atoms with Gasteiger partial charge >= 0.3 is 0 Å². The van der Waals surface area contributed by atoms with Gasteiger partial charge in [-0.05, 0) is 24.3 Å². The van der Waals surface area contributed by atoms with Crippen LogP contribution in [0.4, 0.5) is 0 Å². The number of hydrogen-bond donors (Lipinski definition) is 0. The van der Waals surface area contributed by atoms with Crippen LogP contribution in [0, 0.1) is 0 Å². The summed E-state index contributed by atoms with van der Waals surface area (Å²) in [5, 5.41) is 9.36. The molecule has 0 unspecified atom stereocenters. The van der Waals surface area contributed by atoms with Crippen molar-refractivity contribution in [2.24, 2.45) is 7.05 Å². The van der Waals surface area contributed by atoms with E-state index in [-0.39, 0.29) is 0 Å². The minimum atomic E-state index is 0.631. The molecule has 0 spiro atoms. The zero-order valence-electron chi connectivity index (χ0n) is 12.2. The molecule has 0 aliphatic carbocycles. The number of pyridine rings is 1. The van der Waals surface area contributed by atoms with Gasteiger partial charge in [0.05, 0.1) is 6.61 Å². The normalized spacial score (nSPS) is 10.6. The number of thioether (sulfide) groups is 1. The number of benzene rings is 1. The molecule has 1 aromatic carbocycles. The molecular weight excluding hydrogens is 296 g/mol. The summed E-state index contributed by atoms with van der Waals surface area (Å²) in [4.78, 5) is 4.02. The first-order valence-corrected chi connectivity index (χ1v) is 7.93. The summed E-state index contributed by atoms with van der Waals surface area (Å²) < 4.78 is 7.66. The Morgan fingerprint density at radius 3 is 2.59 bits per heavy atom. The largest absolute Gasteiger partial charge is 0.493 e. The van der Waals surface area contributed by atoms with Gasteiger partial charge in [-0.2, -0.15) is 0 Å². The van der Waals surface area contributed by atoms with Crippen molar-refractivity contribution in [1.29, 1.82) is 0 Å². The van der Waals surface area contributed by atoms with E-state index in [2.05, 4.69) is 15.2 Å². The van der Waals surface area contributed by atoms with Crippen molar-refractivity contribution in [2.45, 2.75) is 5.16 Å². The molecule has 0 saturated carbocycles. The van der Waals surface area contributed by atoms with Gasteiger partial charge < -0.3 is 9.30 Å². The summed E-state index contributed by atoms with van der Waals surface area (Å²) in [5.41, 5.74) is 1.01. The molecular formula is C16H16N4OS. The average Bonchev–Trinajstić information content (AvgIpc) is 2.94. The van der Waals surface area contributed by atoms with E-state index in [0.717, 1.165) is 28.0 Å². The van der Waals surface area contributed by atoms with E-state index in [1.807, 2.05) is 54.1 Å². The molecule has 112 valence electrons. The van der Waals surface area contributed by atoms with Gasteiger partial charge in [-0.15, -0.1) is 10.2 Å². The second-order valence-corrected chi connectivity index (χ2v) is 5.67. The summed E-state index contributed by atoms with van der Waals surface area (Å²) in [5.74, 6) is 2.55. The van der Waals surface area contributed by atoms with Crippen LogP contribution in [0.5, 0.6) is 5.75 Å². The number of para-hydroxylation sites is 1. The van der Waals surface area contributed by atoms with E-state index >= 15 is 0 Å². The van der Waals surface area contributed by atoms with Gasteiger partial charge in [-0.1, -0.05) is 30.0 Å². The second-order valence-electron chi connectivity index (χ2n) is 4.61. The molecule has 0 fully saturated rings. The van der Waals surface area contributed by atoms with Crippen molar-refractivity contribution in [2.75, 3.05) is 12.4 Å². The number of rotatable bonds is 6. The molecule has 0 saturated heterocycles. The molecule has 22 heavy (non-hydrogen) atoms. The SMILES string of the molecule is Cn1c(SCCOc2ccccc2)nnc1-c1ccncc1. The lowest BCUT2D eigenvalue weighted by molar-refractivity contribution is 0.344. The highest BCUT2D eigenvalue weighted by Gasteiger charge is 2.10. The van der Waals surface area contributed by atoms with E-state index in [1.54, 1.807) is 24.2 Å². The molecule has 0 radical (unpaired) electrons. The highest BCUT2D eigenvalue weighted by Crippen LogP contribution is 2.22. The van der Waals surface area contributed by atoms with Crippen molar-refractivity contribution in [3.05, 3.63) is 54.9 Å². The molecule has 0 N–H and O–H groups in total. The minimum absolute atomic E-state index is 0.631. The number of hydrogen-bond acceptors (Lipinski definition) is 5. The lowest BCUT2D eigenvalue weighted by Crippen LogP contribution is -2.01. The van der Waals surface area contributed by atoms with Crippen LogP contribution in [0.3, 0.4) is 0 Å². The van der Waals surface area contributed by atoms with Crippen LogP contribution < -0.4 is 4.74 Å². The first-order chi connectivity index (χ1) is 10.8. The van der Waals surface area contributed by atoms with Gasteiger partial charge in [0.25, 0.3) is 0 Å². The standard InChI is InChI=1S/C16H16N4OS/c1-20-15(13-7-9-17-10-8-13)18-19-16(20)22-12-11-21-14-5-3-2-4-6-14/h2-10H,11-12H2,1H3. The molecule has 5 nitrogen and oxygen atoms in total. The quantitative estimate of drug-likeness (QED) is 0.517. The fraction of sp³-hybridized carbons (Fsp3) is 0.188. The lowest BCUT2D eigenvalue weighted by atomic mass is 10.2. The lowest BCUT2D eigenvalue weighted by Gasteiger charge is -2.06. The molecule has 0 aliphatic rings. The summed E-state index contributed by atoms with van der Waals surface area (Å²) in [6, 6.07) is 13.7. The first-order valence-electron chi connectivity index (χ1n) is 6.95. The zero-order chi connectivity index (χ0) is 15.2. The smallest absolute Gasteiger partial charge is 0.191 e. The van der Waals surface area contributed by atoms with Gasteiger partial charge in [-0.25, -0.2) is 0 Å². The predicted octanol–water partition coefficient (Wildman–Crippen LogP) is 3.05. The predicted molar refractivity (Wildman–Crippen MR) is 86.9 cm³/mol. The van der Waals surface area contributed by atoms with Crippen molar-refractivity contribution in [3.8, 4) is 17.1 Å². The van der Waals surface area contributed by atoms with Crippen LogP contribution in [0.2, 0.25) is 0 Å². The average molecular weight is 312 g/mol. The minimum Gasteiger partial charge on any atom is -0.493 e. The molecule has 0 bridgehead atoms. The number of nitrogens with zero attached hydrogens (tertiary/aromatic N) is 4. The van der Waals surface area contributed by atoms with Crippen LogP contribution in [0.25, 0.3) is 11.4 Å². The zero-order valence-corrected chi connectivity index (χ0v) is 13.0. The second kappa shape index (κ2) is 7.09. The summed E-state index contributed by atoms with van der Waals surface area (Å²) in [6.45, 7) is 0.631. The third-order valence-corrected chi connectivity index (χ3v) is 4.08. The Morgan fingerprint density at radius 2 is 1.82 bits per heavy atom. The van der Waals surface area contributed by atoms with Crippen LogP contribution in [-0.4, -0.2) is 32.1 Å². The fourth-order valence-electron chi connectivity index (χ4n) is 2.00. The van der Waals surface area contributed by atoms with E-state index in [1.165, 1.54) is 0 Å². The first kappa shape index (κ1) is 14.6. The van der Waals surface area contributed by atoms with Gasteiger partial charge in [0.15, 0.2) is 11.0 Å². The number of ether oxygens (including phenoxy) is 1. The van der Waals surface area contributed by atoms with E-state index in [4.69, 9.17) is 4.74 Å². The molecule has 0 amide bonds. The highest BCUT2D eigenvalue weighted by molar-refractivity contribution is 7.99. The molecule has 2 heterocycles. The van der Waals surface area contributed by atoms with E-state index in [9.17, 15) is 0 Å². The maximum Gasteiger partial charge on any atom is 0.191 e. The van der Waals surface area contributed by atoms with Crippen molar-refractivity contribution in [3.63, 3.8) is 0 Å². The topological polar surface area (TPSA) is 52.8 Å². The Bertz CT molecular complexity index is 716. The molecule has 2 aromatic heterocycles. The third-order valence-electron chi connectivity index (χ3n) is 3.10. The van der Waals surface area contributed by atoms with Crippen molar-refractivity contribution >= 4 is 11.8 Å². The molecule has 0 aliphatic heterocycles. The van der Waals surface area contributed by atoms with Crippen LogP contribution >= 0.6 is 11.8 Å². The van der Waals surface area contributed by atoms with Crippen LogP contribution in [-0.2, 0) is 7.05 Å². The molecule has 6 heteroatoms. The Labute approximate surface area is 133 Å². The molecule has 0 atom stereocenters. The van der Waals surface area contributed by atoms with Gasteiger partial charge in [0.2, 0.25) is 0 Å². The van der Waals surface area contributed by atoms with E-state index < -0.39 is 0 Å². The fourth-order valence-corrected chi connectivity index (χ4v) is 2.73. The van der Waals surface area contributed by atoms with Crippen LogP contribution in [0.15, 0.2) is 60.0 Å². The maximum atomic E-state index is 5.67. The Morgan fingerprint density at radius 1 is 1.05 bits per heavy atom. The van der Waals surface area contributed by atoms with Gasteiger partial charge in [0.1, 0.15) is 5.75 Å². The third kappa shape index (κ3) is 3.46. The molecule has 3 rings (SSSR count). The van der Waals surface area contributed by atoms with Gasteiger partial charge in [0, 0.05) is 30.8 Å². The summed E-state index contributed by atoms with van der Waals surface area (Å²) >= 11 is 1.63. The monoisotopic (exact) mass is 312 g/mol. The molecule has 3 aromatic rings. The summed E-state index contributed by atoms with van der Waals surface area (Å²) in [6.07, 6.45) is 3.51. The number of aromatic nitrogens is 4. The van der Waals surface area contributed by atoms with Gasteiger partial charge in [-0.3, -0.25) is 4.98 Å². The highest BCUT2D eigenvalue weighted by atomic mass is 32.2. The van der Waals surface area contributed by atoms with E-state index in [0.29, 0.717) is 6.61 Å². The van der Waals surface area contributed by atoms with Crippen LogP contribution in [0.1, 0.15) is 0 Å². The maximum absolute atomic E-state index is 5.67. The Kier molecular flexibility index (Phi) is 4.70. The van der Waals surface area contributed by atoms with Crippen molar-refractivity contribution < 1.29 is 4.74 Å². The summed E-state index contributed by atoms with van der Waals surface area (Å²) in [7, 11) is 1.97. The van der Waals surface area contributed by atoms with Crippen molar-refractivity contribution in [1.82, 2.24) is 19.7 Å². The Balaban J connectivity index is 1.57. The Hall–Kier alpha value is -2.34.